The van der Waals surface area contributed by atoms with Crippen molar-refractivity contribution < 1.29 is 24.2 Å². The zero-order chi connectivity index (χ0) is 16.4. The second-order valence-electron chi connectivity index (χ2n) is 4.68. The maximum Gasteiger partial charge on any atom is 0.414 e. The summed E-state index contributed by atoms with van der Waals surface area (Å²) in [6, 6.07) is 8.94. The number of carbonyl (C=O) groups excluding carboxylic acids is 1. The van der Waals surface area contributed by atoms with Gasteiger partial charge in [-0.15, -0.1) is 0 Å². The van der Waals surface area contributed by atoms with Gasteiger partial charge in [0.25, 0.3) is 0 Å². The van der Waals surface area contributed by atoms with Gasteiger partial charge in [-0.1, -0.05) is 18.2 Å². The highest BCUT2D eigenvalue weighted by molar-refractivity contribution is 5.96. The van der Waals surface area contributed by atoms with Gasteiger partial charge in [-0.3, -0.25) is 10.3 Å². The molecule has 0 radical (unpaired) electrons. The average molecular weight is 314 g/mol. The van der Waals surface area contributed by atoms with Gasteiger partial charge in [-0.25, -0.2) is 4.79 Å². The van der Waals surface area contributed by atoms with Crippen molar-refractivity contribution in [3.05, 3.63) is 36.5 Å². The monoisotopic (exact) mass is 314 g/mol. The molecule has 1 aromatic carbocycles. The van der Waals surface area contributed by atoms with Crippen LogP contribution in [-0.4, -0.2) is 27.9 Å². The second-order valence-corrected chi connectivity index (χ2v) is 4.68. The Balaban J connectivity index is 2.08. The Morgan fingerprint density at radius 3 is 2.83 bits per heavy atom. The molecule has 0 atom stereocenters. The number of anilines is 1. The number of aromatic nitrogens is 1. The van der Waals surface area contributed by atoms with Crippen LogP contribution in [-0.2, 0) is 4.74 Å². The minimum Gasteiger partial charge on any atom is -0.502 e. The Morgan fingerprint density at radius 1 is 1.26 bits per heavy atom. The number of nitrogens with one attached hydrogen (secondary N) is 1. The number of pyridine rings is 1. The van der Waals surface area contributed by atoms with Gasteiger partial charge >= 0.3 is 6.09 Å². The number of nitrogens with zero attached hydrogens (tertiary/aromatic N) is 1. The number of hydrogen-bond acceptors (Lipinski definition) is 6. The van der Waals surface area contributed by atoms with E-state index in [1.54, 1.807) is 19.2 Å². The van der Waals surface area contributed by atoms with Crippen LogP contribution < -0.4 is 5.32 Å². The van der Waals surface area contributed by atoms with Crippen LogP contribution >= 0.6 is 0 Å². The number of aromatic hydroxyl groups is 2. The predicted octanol–water partition coefficient (Wildman–Crippen LogP) is 3.47. The highest BCUT2D eigenvalue weighted by atomic mass is 16.6. The summed E-state index contributed by atoms with van der Waals surface area (Å²) < 4.78 is 10.1. The molecule has 0 spiro atoms. The van der Waals surface area contributed by atoms with Crippen LogP contribution in [0, 0.1) is 0 Å². The molecule has 0 bridgehead atoms. The van der Waals surface area contributed by atoms with Crippen LogP contribution in [0.25, 0.3) is 22.2 Å². The third-order valence-electron chi connectivity index (χ3n) is 3.24. The number of ether oxygens (including phenoxy) is 1. The molecular formula is C16H14N2O5. The Labute approximate surface area is 131 Å². The van der Waals surface area contributed by atoms with Crippen LogP contribution in [0.1, 0.15) is 6.92 Å². The molecule has 0 fully saturated rings. The van der Waals surface area contributed by atoms with E-state index in [1.807, 2.05) is 24.3 Å². The highest BCUT2D eigenvalue weighted by Gasteiger charge is 2.23. The van der Waals surface area contributed by atoms with Crippen LogP contribution in [0.2, 0.25) is 0 Å². The van der Waals surface area contributed by atoms with Gasteiger partial charge in [0.2, 0.25) is 17.4 Å². The fourth-order valence-corrected chi connectivity index (χ4v) is 2.23. The summed E-state index contributed by atoms with van der Waals surface area (Å²) in [5.41, 5.74) is 1.25. The molecule has 7 nitrogen and oxygen atoms in total. The van der Waals surface area contributed by atoms with Crippen molar-refractivity contribution in [2.75, 3.05) is 11.9 Å². The Hall–Kier alpha value is -3.22. The van der Waals surface area contributed by atoms with E-state index in [2.05, 4.69) is 10.3 Å². The first-order valence-corrected chi connectivity index (χ1v) is 6.94. The van der Waals surface area contributed by atoms with Crippen molar-refractivity contribution in [1.29, 1.82) is 0 Å². The van der Waals surface area contributed by atoms with Gasteiger partial charge in [0.1, 0.15) is 0 Å². The van der Waals surface area contributed by atoms with E-state index in [1.165, 1.54) is 0 Å². The summed E-state index contributed by atoms with van der Waals surface area (Å²) in [5.74, 6) is -1.27. The van der Waals surface area contributed by atoms with Crippen molar-refractivity contribution in [3.8, 4) is 22.8 Å². The molecule has 2 heterocycles. The van der Waals surface area contributed by atoms with Crippen molar-refractivity contribution in [3.63, 3.8) is 0 Å². The summed E-state index contributed by atoms with van der Waals surface area (Å²) in [5, 5.41) is 23.0. The molecule has 3 aromatic rings. The average Bonchev–Trinajstić information content (AvgIpc) is 2.83. The first-order valence-electron chi connectivity index (χ1n) is 6.94. The third-order valence-corrected chi connectivity index (χ3v) is 3.24. The number of rotatable bonds is 3. The van der Waals surface area contributed by atoms with Crippen LogP contribution in [0.4, 0.5) is 10.7 Å². The summed E-state index contributed by atoms with van der Waals surface area (Å²) in [6.07, 6.45) is 0.775. The van der Waals surface area contributed by atoms with E-state index >= 15 is 0 Å². The standard InChI is InChI=1S/C16H14N2O5/c1-2-22-16(21)18-15-13(20)12(19)14(23-15)10-7-8-17-11-6-4-3-5-9(10)11/h3-8,19-20H,2H2,1H3,(H,18,21). The number of carbonyl (C=O) groups is 1. The molecular weight excluding hydrogens is 300 g/mol. The maximum absolute atomic E-state index is 11.4. The lowest BCUT2D eigenvalue weighted by Crippen LogP contribution is -2.12. The third kappa shape index (κ3) is 2.64. The van der Waals surface area contributed by atoms with Gasteiger partial charge in [0.15, 0.2) is 5.76 Å². The first-order chi connectivity index (χ1) is 11.1. The number of amides is 1. The minimum absolute atomic E-state index is 0.0351. The topological polar surface area (TPSA) is 105 Å². The fraction of sp³-hybridized carbons (Fsp3) is 0.125. The molecule has 23 heavy (non-hydrogen) atoms. The molecule has 118 valence electrons. The zero-order valence-corrected chi connectivity index (χ0v) is 12.2. The van der Waals surface area contributed by atoms with Gasteiger partial charge in [-0.05, 0) is 19.1 Å². The lowest BCUT2D eigenvalue weighted by Gasteiger charge is -2.03. The summed E-state index contributed by atoms with van der Waals surface area (Å²) in [6.45, 7) is 1.81. The zero-order valence-electron chi connectivity index (χ0n) is 12.2. The van der Waals surface area contributed by atoms with E-state index in [9.17, 15) is 15.0 Å². The van der Waals surface area contributed by atoms with Crippen LogP contribution in [0.5, 0.6) is 11.5 Å². The number of benzene rings is 1. The van der Waals surface area contributed by atoms with Gasteiger partial charge in [0.05, 0.1) is 12.1 Å². The fourth-order valence-electron chi connectivity index (χ4n) is 2.23. The van der Waals surface area contributed by atoms with Crippen molar-refractivity contribution in [2.45, 2.75) is 6.92 Å². The van der Waals surface area contributed by atoms with Crippen molar-refractivity contribution in [1.82, 2.24) is 4.98 Å². The number of hydrogen-bond donors (Lipinski definition) is 3. The SMILES string of the molecule is CCOC(=O)Nc1oc(-c2ccnc3ccccc23)c(O)c1O. The Bertz CT molecular complexity index is 867. The molecule has 2 aromatic heterocycles. The van der Waals surface area contributed by atoms with Crippen LogP contribution in [0.3, 0.4) is 0 Å². The number of para-hydroxylation sites is 1. The lowest BCUT2D eigenvalue weighted by atomic mass is 10.1. The predicted molar refractivity (Wildman–Crippen MR) is 83.4 cm³/mol. The van der Waals surface area contributed by atoms with E-state index < -0.39 is 17.6 Å². The maximum atomic E-state index is 11.4. The molecule has 0 unspecified atom stereocenters. The molecule has 0 saturated carbocycles. The number of furan rings is 1. The van der Waals surface area contributed by atoms with E-state index in [0.29, 0.717) is 11.1 Å². The summed E-state index contributed by atoms with van der Waals surface area (Å²) in [4.78, 5) is 15.7. The van der Waals surface area contributed by atoms with Crippen molar-refractivity contribution >= 4 is 22.9 Å². The normalized spacial score (nSPS) is 10.7. The lowest BCUT2D eigenvalue weighted by molar-refractivity contribution is 0.167. The van der Waals surface area contributed by atoms with E-state index in [-0.39, 0.29) is 18.3 Å². The van der Waals surface area contributed by atoms with Crippen LogP contribution in [0.15, 0.2) is 40.9 Å². The van der Waals surface area contributed by atoms with Gasteiger partial charge < -0.3 is 19.4 Å². The van der Waals surface area contributed by atoms with E-state index in [4.69, 9.17) is 9.15 Å². The van der Waals surface area contributed by atoms with E-state index in [0.717, 1.165) is 5.39 Å². The van der Waals surface area contributed by atoms with Gasteiger partial charge in [0, 0.05) is 17.1 Å². The summed E-state index contributed by atoms with van der Waals surface area (Å²) >= 11 is 0. The molecule has 0 aliphatic carbocycles. The Morgan fingerprint density at radius 2 is 2.04 bits per heavy atom. The van der Waals surface area contributed by atoms with Gasteiger partial charge in [-0.2, -0.15) is 0 Å². The molecule has 0 saturated heterocycles. The Kier molecular flexibility index (Phi) is 3.76. The smallest absolute Gasteiger partial charge is 0.414 e. The molecule has 1 amide bonds. The first kappa shape index (κ1) is 14.7. The molecule has 3 rings (SSSR count). The molecule has 0 aliphatic heterocycles. The molecule has 0 aliphatic rings. The minimum atomic E-state index is -0.789. The number of fused-ring (bicyclic) bond motifs is 1. The highest BCUT2D eigenvalue weighted by Crippen LogP contribution is 2.46. The largest absolute Gasteiger partial charge is 0.502 e. The summed E-state index contributed by atoms with van der Waals surface area (Å²) in [7, 11) is 0. The van der Waals surface area contributed by atoms with Crippen molar-refractivity contribution in [2.24, 2.45) is 0 Å². The molecule has 3 N–H and O–H groups in total. The molecule has 7 heteroatoms. The second kappa shape index (κ2) is 5.88. The quantitative estimate of drug-likeness (QED) is 0.683.